The lowest BCUT2D eigenvalue weighted by Gasteiger charge is -2.13. The van der Waals surface area contributed by atoms with Gasteiger partial charge in [-0.1, -0.05) is 37.3 Å². The SMILES string of the molecule is CCc1ccccc1OCCNC(=O)Nc1cccc(C)c1C. The van der Waals surface area contributed by atoms with Gasteiger partial charge in [0.1, 0.15) is 12.4 Å². The first-order valence-corrected chi connectivity index (χ1v) is 7.93. The van der Waals surface area contributed by atoms with Gasteiger partial charge in [-0.15, -0.1) is 0 Å². The third-order valence-corrected chi connectivity index (χ3v) is 3.85. The molecule has 0 saturated carbocycles. The number of carbonyl (C=O) groups excluding carboxylic acids is 1. The van der Waals surface area contributed by atoms with Crippen LogP contribution in [-0.2, 0) is 6.42 Å². The average molecular weight is 312 g/mol. The Morgan fingerprint density at radius 2 is 1.87 bits per heavy atom. The standard InChI is InChI=1S/C19H24N2O2/c1-4-16-9-5-6-11-18(16)23-13-12-20-19(22)21-17-10-7-8-14(2)15(17)3/h5-11H,4,12-13H2,1-3H3,(H2,20,21,22). The zero-order valence-electron chi connectivity index (χ0n) is 14.0. The van der Waals surface area contributed by atoms with Crippen LogP contribution in [0, 0.1) is 13.8 Å². The molecule has 0 unspecified atom stereocenters. The van der Waals surface area contributed by atoms with E-state index >= 15 is 0 Å². The van der Waals surface area contributed by atoms with Crippen molar-refractivity contribution in [3.8, 4) is 5.75 Å². The van der Waals surface area contributed by atoms with Gasteiger partial charge in [-0.25, -0.2) is 4.79 Å². The Hall–Kier alpha value is -2.49. The highest BCUT2D eigenvalue weighted by molar-refractivity contribution is 5.90. The van der Waals surface area contributed by atoms with Gasteiger partial charge in [0.25, 0.3) is 0 Å². The molecule has 2 aromatic rings. The molecule has 0 fully saturated rings. The number of urea groups is 1. The van der Waals surface area contributed by atoms with Crippen molar-refractivity contribution in [2.75, 3.05) is 18.5 Å². The Bertz CT molecular complexity index is 668. The first-order valence-electron chi connectivity index (χ1n) is 7.93. The molecule has 0 bridgehead atoms. The molecule has 2 rings (SSSR count). The van der Waals surface area contributed by atoms with E-state index in [1.54, 1.807) is 0 Å². The highest BCUT2D eigenvalue weighted by Crippen LogP contribution is 2.18. The van der Waals surface area contributed by atoms with Gasteiger partial charge in [0.15, 0.2) is 0 Å². The van der Waals surface area contributed by atoms with Gasteiger partial charge in [-0.05, 0) is 49.1 Å². The summed E-state index contributed by atoms with van der Waals surface area (Å²) in [5.74, 6) is 0.881. The van der Waals surface area contributed by atoms with Crippen molar-refractivity contribution in [2.45, 2.75) is 27.2 Å². The smallest absolute Gasteiger partial charge is 0.319 e. The summed E-state index contributed by atoms with van der Waals surface area (Å²) in [5, 5.41) is 5.68. The maximum Gasteiger partial charge on any atom is 0.319 e. The van der Waals surface area contributed by atoms with Crippen LogP contribution in [0.25, 0.3) is 0 Å². The second-order valence-electron chi connectivity index (χ2n) is 5.44. The molecule has 2 aromatic carbocycles. The van der Waals surface area contributed by atoms with Gasteiger partial charge in [-0.2, -0.15) is 0 Å². The molecule has 2 amide bonds. The monoisotopic (exact) mass is 312 g/mol. The van der Waals surface area contributed by atoms with Gasteiger partial charge in [0.05, 0.1) is 6.54 Å². The number of rotatable bonds is 6. The Kier molecular flexibility index (Phi) is 6.03. The maximum atomic E-state index is 11.9. The zero-order chi connectivity index (χ0) is 16.7. The third kappa shape index (κ3) is 4.74. The molecule has 2 N–H and O–H groups in total. The predicted molar refractivity (Wildman–Crippen MR) is 94.3 cm³/mol. The van der Waals surface area contributed by atoms with Crippen molar-refractivity contribution in [2.24, 2.45) is 0 Å². The summed E-state index contributed by atoms with van der Waals surface area (Å²) in [6.45, 7) is 7.01. The van der Waals surface area contributed by atoms with E-state index in [-0.39, 0.29) is 6.03 Å². The van der Waals surface area contributed by atoms with Crippen molar-refractivity contribution in [1.82, 2.24) is 5.32 Å². The second-order valence-corrected chi connectivity index (χ2v) is 5.44. The largest absolute Gasteiger partial charge is 0.491 e. The van der Waals surface area contributed by atoms with Crippen molar-refractivity contribution in [1.29, 1.82) is 0 Å². The normalized spacial score (nSPS) is 10.2. The van der Waals surface area contributed by atoms with Crippen LogP contribution in [0.15, 0.2) is 42.5 Å². The summed E-state index contributed by atoms with van der Waals surface area (Å²) < 4.78 is 5.73. The maximum absolute atomic E-state index is 11.9. The van der Waals surface area contributed by atoms with E-state index in [1.165, 1.54) is 5.56 Å². The van der Waals surface area contributed by atoms with Gasteiger partial charge >= 0.3 is 6.03 Å². The number of ether oxygens (including phenoxy) is 1. The van der Waals surface area contributed by atoms with Crippen LogP contribution in [0.4, 0.5) is 10.5 Å². The number of hydrogen-bond donors (Lipinski definition) is 2. The molecular formula is C19H24N2O2. The van der Waals surface area contributed by atoms with Gasteiger partial charge in [0.2, 0.25) is 0 Å². The van der Waals surface area contributed by atoms with Crippen LogP contribution < -0.4 is 15.4 Å². The van der Waals surface area contributed by atoms with Crippen molar-refractivity contribution in [3.63, 3.8) is 0 Å². The highest BCUT2D eigenvalue weighted by Gasteiger charge is 2.05. The minimum absolute atomic E-state index is 0.217. The van der Waals surface area contributed by atoms with E-state index in [1.807, 2.05) is 50.2 Å². The lowest BCUT2D eigenvalue weighted by molar-refractivity contribution is 0.247. The van der Waals surface area contributed by atoms with E-state index in [0.29, 0.717) is 13.2 Å². The predicted octanol–water partition coefficient (Wildman–Crippen LogP) is 4.07. The van der Waals surface area contributed by atoms with E-state index in [9.17, 15) is 4.79 Å². The molecule has 0 saturated heterocycles. The Labute approximate surface area is 137 Å². The molecule has 0 aliphatic rings. The summed E-state index contributed by atoms with van der Waals surface area (Å²) in [6, 6.07) is 13.6. The number of nitrogens with one attached hydrogen (secondary N) is 2. The highest BCUT2D eigenvalue weighted by atomic mass is 16.5. The van der Waals surface area contributed by atoms with Crippen LogP contribution in [0.1, 0.15) is 23.6 Å². The number of carbonyl (C=O) groups is 1. The van der Waals surface area contributed by atoms with Crippen LogP contribution >= 0.6 is 0 Å². The summed E-state index contributed by atoms with van der Waals surface area (Å²) in [5.41, 5.74) is 4.24. The molecule has 0 radical (unpaired) electrons. The number of aryl methyl sites for hydroxylation is 2. The fourth-order valence-corrected chi connectivity index (χ4v) is 2.32. The third-order valence-electron chi connectivity index (χ3n) is 3.85. The lowest BCUT2D eigenvalue weighted by Crippen LogP contribution is -2.32. The van der Waals surface area contributed by atoms with Crippen molar-refractivity contribution >= 4 is 11.7 Å². The molecule has 4 nitrogen and oxygen atoms in total. The molecule has 0 spiro atoms. The summed E-state index contributed by atoms with van der Waals surface area (Å²) >= 11 is 0. The molecule has 0 aromatic heterocycles. The Morgan fingerprint density at radius 1 is 1.09 bits per heavy atom. The van der Waals surface area contributed by atoms with Crippen LogP contribution in [0.3, 0.4) is 0 Å². The Morgan fingerprint density at radius 3 is 2.65 bits per heavy atom. The van der Waals surface area contributed by atoms with Crippen molar-refractivity contribution < 1.29 is 9.53 Å². The number of hydrogen-bond acceptors (Lipinski definition) is 2. The van der Waals surface area contributed by atoms with Gasteiger partial charge in [-0.3, -0.25) is 0 Å². The van der Waals surface area contributed by atoms with Crippen LogP contribution in [0.5, 0.6) is 5.75 Å². The van der Waals surface area contributed by atoms with Crippen molar-refractivity contribution in [3.05, 3.63) is 59.2 Å². The first kappa shape index (κ1) is 16.9. The van der Waals surface area contributed by atoms with Crippen LogP contribution in [-0.4, -0.2) is 19.2 Å². The summed E-state index contributed by atoms with van der Waals surface area (Å²) in [4.78, 5) is 11.9. The molecule has 0 aliphatic heterocycles. The average Bonchev–Trinajstić information content (AvgIpc) is 2.56. The Balaban J connectivity index is 1.78. The number of amides is 2. The second kappa shape index (κ2) is 8.22. The first-order chi connectivity index (χ1) is 11.1. The molecule has 0 atom stereocenters. The molecule has 0 heterocycles. The number of para-hydroxylation sites is 1. The van der Waals surface area contributed by atoms with Gasteiger partial charge in [0, 0.05) is 5.69 Å². The molecule has 0 aliphatic carbocycles. The van der Waals surface area contributed by atoms with Gasteiger partial charge < -0.3 is 15.4 Å². The van der Waals surface area contributed by atoms with E-state index in [2.05, 4.69) is 23.6 Å². The summed E-state index contributed by atoms with van der Waals surface area (Å²) in [7, 11) is 0. The fourth-order valence-electron chi connectivity index (χ4n) is 2.32. The summed E-state index contributed by atoms with van der Waals surface area (Å²) in [6.07, 6.45) is 0.927. The van der Waals surface area contributed by atoms with Crippen LogP contribution in [0.2, 0.25) is 0 Å². The molecule has 23 heavy (non-hydrogen) atoms. The molecular weight excluding hydrogens is 288 g/mol. The molecule has 4 heteroatoms. The molecule has 122 valence electrons. The quantitative estimate of drug-likeness (QED) is 0.790. The number of anilines is 1. The minimum atomic E-state index is -0.217. The lowest BCUT2D eigenvalue weighted by atomic mass is 10.1. The fraction of sp³-hybridized carbons (Fsp3) is 0.316. The topological polar surface area (TPSA) is 50.4 Å². The van der Waals surface area contributed by atoms with E-state index in [4.69, 9.17) is 4.74 Å². The van der Waals surface area contributed by atoms with E-state index < -0.39 is 0 Å². The minimum Gasteiger partial charge on any atom is -0.491 e. The number of benzene rings is 2. The zero-order valence-corrected chi connectivity index (χ0v) is 14.0. The van der Waals surface area contributed by atoms with E-state index in [0.717, 1.165) is 29.0 Å².